The highest BCUT2D eigenvalue weighted by molar-refractivity contribution is 8.16. The number of rotatable bonds is 4. The van der Waals surface area contributed by atoms with E-state index in [9.17, 15) is 0 Å². The molecule has 1 aromatic heterocycles. The molecule has 24 heavy (non-hydrogen) atoms. The third-order valence-corrected chi connectivity index (χ3v) is 5.59. The van der Waals surface area contributed by atoms with Crippen LogP contribution in [-0.4, -0.2) is 37.9 Å². The number of benzene rings is 1. The van der Waals surface area contributed by atoms with Crippen molar-refractivity contribution < 1.29 is 0 Å². The van der Waals surface area contributed by atoms with Crippen LogP contribution in [0.4, 0.5) is 0 Å². The van der Waals surface area contributed by atoms with Gasteiger partial charge in [0, 0.05) is 31.1 Å². The maximum absolute atomic E-state index is 4.88. The Morgan fingerprint density at radius 2 is 2.04 bits per heavy atom. The van der Waals surface area contributed by atoms with Gasteiger partial charge in [0.2, 0.25) is 0 Å². The summed E-state index contributed by atoms with van der Waals surface area (Å²) in [5, 5.41) is 8.18. The number of para-hydroxylation sites is 1. The maximum atomic E-state index is 4.88. The van der Waals surface area contributed by atoms with Gasteiger partial charge < -0.3 is 4.90 Å². The molecule has 0 atom stereocenters. The van der Waals surface area contributed by atoms with Crippen LogP contribution < -0.4 is 0 Å². The van der Waals surface area contributed by atoms with E-state index in [1.807, 2.05) is 10.7 Å². The average Bonchev–Trinajstić information content (AvgIpc) is 3.28. The van der Waals surface area contributed by atoms with Gasteiger partial charge in [0.1, 0.15) is 5.82 Å². The fourth-order valence-electron chi connectivity index (χ4n) is 3.20. The monoisotopic (exact) mass is 337 g/mol. The van der Waals surface area contributed by atoms with E-state index in [1.165, 1.54) is 18.5 Å². The van der Waals surface area contributed by atoms with Crippen molar-refractivity contribution in [1.29, 1.82) is 0 Å². The molecule has 0 radical (unpaired) electrons. The number of aromatic nitrogens is 3. The average molecular weight is 337 g/mol. The van der Waals surface area contributed by atoms with Crippen LogP contribution in [-0.2, 0) is 6.42 Å². The first-order chi connectivity index (χ1) is 11.9. The predicted molar refractivity (Wildman–Crippen MR) is 96.3 cm³/mol. The lowest BCUT2D eigenvalue weighted by Crippen LogP contribution is -2.30. The first-order valence-corrected chi connectivity index (χ1v) is 9.45. The van der Waals surface area contributed by atoms with E-state index < -0.39 is 0 Å². The van der Waals surface area contributed by atoms with E-state index in [0.29, 0.717) is 5.92 Å². The molecule has 6 heteroatoms. The molecular formula is C18H19N5S. The Kier molecular flexibility index (Phi) is 3.43. The Labute approximate surface area is 145 Å². The van der Waals surface area contributed by atoms with E-state index in [-0.39, 0.29) is 0 Å². The molecule has 1 aliphatic carbocycles. The highest BCUT2D eigenvalue weighted by atomic mass is 32.2. The first-order valence-electron chi connectivity index (χ1n) is 8.57. The van der Waals surface area contributed by atoms with Crippen molar-refractivity contribution >= 4 is 16.9 Å². The van der Waals surface area contributed by atoms with Crippen molar-refractivity contribution in [1.82, 2.24) is 19.7 Å². The SMILES string of the molecule is C1=C(Cc2nc(C3CC3)nn2-c2ccccc2)N2CCCN=C2S1. The van der Waals surface area contributed by atoms with E-state index in [0.717, 1.165) is 48.4 Å². The molecule has 3 aliphatic rings. The fourth-order valence-corrected chi connectivity index (χ4v) is 4.16. The van der Waals surface area contributed by atoms with E-state index in [2.05, 4.69) is 39.6 Å². The zero-order valence-corrected chi connectivity index (χ0v) is 14.2. The van der Waals surface area contributed by atoms with Crippen LogP contribution in [0.2, 0.25) is 0 Å². The third kappa shape index (κ3) is 2.55. The molecule has 0 bridgehead atoms. The van der Waals surface area contributed by atoms with Crippen LogP contribution in [0.5, 0.6) is 0 Å². The quantitative estimate of drug-likeness (QED) is 0.858. The number of aliphatic imine (C=N–C) groups is 1. The lowest BCUT2D eigenvalue weighted by molar-refractivity contribution is 0.474. The predicted octanol–water partition coefficient (Wildman–Crippen LogP) is 3.34. The van der Waals surface area contributed by atoms with Gasteiger partial charge in [-0.25, -0.2) is 9.67 Å². The van der Waals surface area contributed by atoms with Crippen LogP contribution in [0.15, 0.2) is 46.4 Å². The molecule has 5 nitrogen and oxygen atoms in total. The van der Waals surface area contributed by atoms with Gasteiger partial charge in [-0.3, -0.25) is 4.99 Å². The largest absolute Gasteiger partial charge is 0.324 e. The Hall–Kier alpha value is -2.08. The summed E-state index contributed by atoms with van der Waals surface area (Å²) in [6.45, 7) is 2.01. The van der Waals surface area contributed by atoms with Gasteiger partial charge in [-0.1, -0.05) is 30.0 Å². The summed E-state index contributed by atoms with van der Waals surface area (Å²) in [5.74, 6) is 2.60. The van der Waals surface area contributed by atoms with Crippen LogP contribution in [0.1, 0.15) is 36.8 Å². The second-order valence-electron chi connectivity index (χ2n) is 6.48. The Bertz CT molecular complexity index is 819. The summed E-state index contributed by atoms with van der Waals surface area (Å²) in [6, 6.07) is 10.3. The summed E-state index contributed by atoms with van der Waals surface area (Å²) in [6.07, 6.45) is 4.38. The second kappa shape index (κ2) is 5.77. The minimum atomic E-state index is 0.563. The van der Waals surface area contributed by atoms with Crippen molar-refractivity contribution in [3.05, 3.63) is 53.1 Å². The van der Waals surface area contributed by atoms with Gasteiger partial charge >= 0.3 is 0 Å². The molecule has 122 valence electrons. The van der Waals surface area contributed by atoms with Gasteiger partial charge in [-0.05, 0) is 36.8 Å². The van der Waals surface area contributed by atoms with Crippen molar-refractivity contribution in [3.63, 3.8) is 0 Å². The Morgan fingerprint density at radius 3 is 2.88 bits per heavy atom. The summed E-state index contributed by atoms with van der Waals surface area (Å²) in [5.41, 5.74) is 2.39. The Balaban J connectivity index is 1.49. The van der Waals surface area contributed by atoms with Gasteiger partial charge in [0.05, 0.1) is 5.69 Å². The van der Waals surface area contributed by atoms with E-state index in [4.69, 9.17) is 10.1 Å². The number of fused-ring (bicyclic) bond motifs is 1. The van der Waals surface area contributed by atoms with Crippen molar-refractivity contribution in [2.45, 2.75) is 31.6 Å². The summed E-state index contributed by atoms with van der Waals surface area (Å²) >= 11 is 1.74. The number of hydrogen-bond donors (Lipinski definition) is 0. The molecule has 1 aromatic carbocycles. The van der Waals surface area contributed by atoms with Crippen LogP contribution >= 0.6 is 11.8 Å². The molecular weight excluding hydrogens is 318 g/mol. The molecule has 2 aliphatic heterocycles. The molecule has 0 amide bonds. The molecule has 5 rings (SSSR count). The summed E-state index contributed by atoms with van der Waals surface area (Å²) in [4.78, 5) is 11.8. The van der Waals surface area contributed by atoms with Gasteiger partial charge in [-0.2, -0.15) is 5.10 Å². The van der Waals surface area contributed by atoms with Crippen LogP contribution in [0, 0.1) is 0 Å². The van der Waals surface area contributed by atoms with Gasteiger partial charge in [-0.15, -0.1) is 0 Å². The highest BCUT2D eigenvalue weighted by Crippen LogP contribution is 2.39. The van der Waals surface area contributed by atoms with Crippen molar-refractivity contribution in [2.75, 3.05) is 13.1 Å². The summed E-state index contributed by atoms with van der Waals surface area (Å²) in [7, 11) is 0. The number of hydrogen-bond acceptors (Lipinski definition) is 5. The second-order valence-corrected chi connectivity index (χ2v) is 7.32. The first kappa shape index (κ1) is 14.3. The minimum absolute atomic E-state index is 0.563. The topological polar surface area (TPSA) is 46.3 Å². The third-order valence-electron chi connectivity index (χ3n) is 4.64. The number of allylic oxidation sites excluding steroid dienone is 1. The zero-order valence-electron chi connectivity index (χ0n) is 13.4. The lowest BCUT2D eigenvalue weighted by Gasteiger charge is -2.25. The molecule has 2 aromatic rings. The molecule has 0 unspecified atom stereocenters. The van der Waals surface area contributed by atoms with Gasteiger partial charge in [0.15, 0.2) is 11.0 Å². The molecule has 0 saturated heterocycles. The smallest absolute Gasteiger partial charge is 0.167 e. The van der Waals surface area contributed by atoms with E-state index in [1.54, 1.807) is 11.8 Å². The highest BCUT2D eigenvalue weighted by Gasteiger charge is 2.31. The maximum Gasteiger partial charge on any atom is 0.167 e. The summed E-state index contributed by atoms with van der Waals surface area (Å²) < 4.78 is 2.03. The molecule has 0 spiro atoms. The minimum Gasteiger partial charge on any atom is -0.324 e. The molecule has 3 heterocycles. The van der Waals surface area contributed by atoms with Crippen molar-refractivity contribution in [2.24, 2.45) is 4.99 Å². The molecule has 1 fully saturated rings. The van der Waals surface area contributed by atoms with Gasteiger partial charge in [0.25, 0.3) is 0 Å². The zero-order chi connectivity index (χ0) is 15.9. The fraction of sp³-hybridized carbons (Fsp3) is 0.389. The normalized spacial score (nSPS) is 19.9. The van der Waals surface area contributed by atoms with E-state index >= 15 is 0 Å². The molecule has 1 saturated carbocycles. The van der Waals surface area contributed by atoms with Crippen LogP contribution in [0.25, 0.3) is 5.69 Å². The Morgan fingerprint density at radius 1 is 1.17 bits per heavy atom. The molecule has 0 N–H and O–H groups in total. The standard InChI is InChI=1S/C18H19N5S/c1-2-5-14(6-3-1)23-16(20-17(21-23)13-7-8-13)11-15-12-24-18-19-9-4-10-22(15)18/h1-3,5-6,12-13H,4,7-11H2. The number of amidine groups is 1. The van der Waals surface area contributed by atoms with Crippen molar-refractivity contribution in [3.8, 4) is 5.69 Å². The number of thioether (sulfide) groups is 1. The lowest BCUT2D eigenvalue weighted by atomic mass is 10.2. The number of nitrogens with zero attached hydrogens (tertiary/aromatic N) is 5. The van der Waals surface area contributed by atoms with Crippen LogP contribution in [0.3, 0.4) is 0 Å².